The van der Waals surface area contributed by atoms with Crippen molar-refractivity contribution in [3.05, 3.63) is 29.6 Å². The van der Waals surface area contributed by atoms with E-state index >= 15 is 0 Å². The van der Waals surface area contributed by atoms with Crippen LogP contribution in [0, 0.1) is 11.8 Å². The zero-order valence-electron chi connectivity index (χ0n) is 14.0. The van der Waals surface area contributed by atoms with Crippen LogP contribution in [0.25, 0.3) is 0 Å². The number of aryl methyl sites for hydroxylation is 1. The van der Waals surface area contributed by atoms with Gasteiger partial charge in [0.2, 0.25) is 11.8 Å². The fraction of sp³-hybridized carbons (Fsp3) is 0.353. The van der Waals surface area contributed by atoms with Gasteiger partial charge < -0.3 is 26.0 Å². The Bertz CT molecular complexity index is 771. The molecule has 132 valence electrons. The van der Waals surface area contributed by atoms with Gasteiger partial charge in [-0.15, -0.1) is 0 Å². The van der Waals surface area contributed by atoms with Crippen LogP contribution in [0.2, 0.25) is 0 Å². The van der Waals surface area contributed by atoms with E-state index in [-0.39, 0.29) is 18.4 Å². The third kappa shape index (κ3) is 5.22. The minimum absolute atomic E-state index is 0.136. The summed E-state index contributed by atoms with van der Waals surface area (Å²) in [5, 5.41) is 8.78. The highest BCUT2D eigenvalue weighted by Gasteiger charge is 2.11. The van der Waals surface area contributed by atoms with Crippen LogP contribution >= 0.6 is 0 Å². The summed E-state index contributed by atoms with van der Waals surface area (Å²) in [5.74, 6) is 6.62. The van der Waals surface area contributed by atoms with Gasteiger partial charge in [0.15, 0.2) is 11.6 Å². The molecule has 0 amide bonds. The number of nitrogens with two attached hydrogens (primary N) is 2. The number of nitrogen functional groups attached to an aromatic ring is 2. The molecule has 0 radical (unpaired) electrons. The molecule has 5 N–H and O–H groups in total. The van der Waals surface area contributed by atoms with Crippen LogP contribution in [-0.4, -0.2) is 39.9 Å². The maximum Gasteiger partial charge on any atom is 0.229 e. The maximum atomic E-state index is 8.78. The van der Waals surface area contributed by atoms with E-state index in [0.717, 1.165) is 0 Å². The fourth-order valence-electron chi connectivity index (χ4n) is 2.07. The van der Waals surface area contributed by atoms with Crippen molar-refractivity contribution in [3.63, 3.8) is 0 Å². The summed E-state index contributed by atoms with van der Waals surface area (Å²) in [5.41, 5.74) is 12.7. The van der Waals surface area contributed by atoms with Crippen LogP contribution in [0.3, 0.4) is 0 Å². The smallest absolute Gasteiger partial charge is 0.229 e. The Morgan fingerprint density at radius 1 is 1.20 bits per heavy atom. The Hall–Kier alpha value is -3.05. The molecule has 0 aromatic carbocycles. The molecule has 0 fully saturated rings. The SMILES string of the molecule is CCc1nc(N)nc(N)c1OCCCOc1ncccc1C#CCO. The monoisotopic (exact) mass is 343 g/mol. The average molecular weight is 343 g/mol. The van der Waals surface area contributed by atoms with Crippen LogP contribution in [-0.2, 0) is 6.42 Å². The molecule has 25 heavy (non-hydrogen) atoms. The Balaban J connectivity index is 1.87. The highest BCUT2D eigenvalue weighted by molar-refractivity contribution is 5.51. The lowest BCUT2D eigenvalue weighted by molar-refractivity contribution is 0.240. The molecule has 0 aliphatic carbocycles. The molecule has 2 rings (SSSR count). The molecule has 2 heterocycles. The van der Waals surface area contributed by atoms with Crippen molar-refractivity contribution < 1.29 is 14.6 Å². The van der Waals surface area contributed by atoms with E-state index in [1.807, 2.05) is 6.92 Å². The number of hydrogen-bond acceptors (Lipinski definition) is 8. The van der Waals surface area contributed by atoms with Crippen molar-refractivity contribution in [3.8, 4) is 23.5 Å². The van der Waals surface area contributed by atoms with Gasteiger partial charge in [-0.2, -0.15) is 4.98 Å². The van der Waals surface area contributed by atoms with Gasteiger partial charge in [0.05, 0.1) is 24.5 Å². The van der Waals surface area contributed by atoms with Gasteiger partial charge in [-0.25, -0.2) is 9.97 Å². The van der Waals surface area contributed by atoms with Gasteiger partial charge in [-0.1, -0.05) is 18.8 Å². The van der Waals surface area contributed by atoms with Gasteiger partial charge >= 0.3 is 0 Å². The maximum absolute atomic E-state index is 8.78. The normalized spacial score (nSPS) is 10.0. The topological polar surface area (TPSA) is 129 Å². The molecule has 8 nitrogen and oxygen atoms in total. The van der Waals surface area contributed by atoms with E-state index in [1.165, 1.54) is 0 Å². The van der Waals surface area contributed by atoms with E-state index in [1.54, 1.807) is 18.3 Å². The van der Waals surface area contributed by atoms with Crippen molar-refractivity contribution in [1.82, 2.24) is 15.0 Å². The number of aliphatic hydroxyl groups is 1. The number of aromatic nitrogens is 3. The standard InChI is InChI=1S/C17H21N5O3/c1-2-13-14(15(18)22-17(19)21-13)24-10-5-11-25-16-12(7-4-9-23)6-3-8-20-16/h3,6,8,23H,2,5,9-11H2,1H3,(H4,18,19,21,22). The number of aliphatic hydroxyl groups excluding tert-OH is 1. The lowest BCUT2D eigenvalue weighted by Gasteiger charge is -2.12. The number of hydrogen-bond donors (Lipinski definition) is 3. The molecule has 0 bridgehead atoms. The second-order valence-corrected chi connectivity index (χ2v) is 4.96. The molecule has 0 atom stereocenters. The van der Waals surface area contributed by atoms with Gasteiger partial charge in [-0.05, 0) is 18.6 Å². The van der Waals surface area contributed by atoms with Crippen molar-refractivity contribution in [2.45, 2.75) is 19.8 Å². The van der Waals surface area contributed by atoms with Gasteiger partial charge in [0.1, 0.15) is 6.61 Å². The number of rotatable bonds is 7. The average Bonchev–Trinajstić information content (AvgIpc) is 2.61. The fourth-order valence-corrected chi connectivity index (χ4v) is 2.07. The van der Waals surface area contributed by atoms with E-state index in [9.17, 15) is 0 Å². The molecule has 0 saturated heterocycles. The van der Waals surface area contributed by atoms with Gasteiger partial charge in [0.25, 0.3) is 0 Å². The van der Waals surface area contributed by atoms with Crippen LogP contribution in [0.5, 0.6) is 11.6 Å². The number of nitrogens with zero attached hydrogens (tertiary/aromatic N) is 3. The highest BCUT2D eigenvalue weighted by atomic mass is 16.5. The predicted octanol–water partition coefficient (Wildman–Crippen LogP) is 0.790. The van der Waals surface area contributed by atoms with Crippen molar-refractivity contribution in [2.75, 3.05) is 31.3 Å². The summed E-state index contributed by atoms with van der Waals surface area (Å²) in [6.45, 7) is 2.50. The molecule has 0 saturated carbocycles. The van der Waals surface area contributed by atoms with Crippen LogP contribution in [0.15, 0.2) is 18.3 Å². The summed E-state index contributed by atoms with van der Waals surface area (Å²) in [6.07, 6.45) is 2.87. The second kappa shape index (κ2) is 9.30. The first-order valence-electron chi connectivity index (χ1n) is 7.87. The first kappa shape index (κ1) is 18.3. The summed E-state index contributed by atoms with van der Waals surface area (Å²) < 4.78 is 11.3. The van der Waals surface area contributed by atoms with Crippen molar-refractivity contribution in [1.29, 1.82) is 0 Å². The molecule has 2 aromatic heterocycles. The lowest BCUT2D eigenvalue weighted by atomic mass is 10.3. The Labute approximate surface area is 146 Å². The second-order valence-electron chi connectivity index (χ2n) is 4.96. The number of pyridine rings is 1. The third-order valence-electron chi connectivity index (χ3n) is 3.16. The van der Waals surface area contributed by atoms with Crippen LogP contribution in [0.1, 0.15) is 24.6 Å². The first-order chi connectivity index (χ1) is 12.2. The summed E-state index contributed by atoms with van der Waals surface area (Å²) in [7, 11) is 0. The van der Waals surface area contributed by atoms with E-state index < -0.39 is 0 Å². The van der Waals surface area contributed by atoms with E-state index in [4.69, 9.17) is 26.0 Å². The largest absolute Gasteiger partial charge is 0.488 e. The lowest BCUT2D eigenvalue weighted by Crippen LogP contribution is -2.11. The summed E-state index contributed by atoms with van der Waals surface area (Å²) in [6, 6.07) is 3.54. The minimum atomic E-state index is -0.215. The van der Waals surface area contributed by atoms with E-state index in [0.29, 0.717) is 48.9 Å². The summed E-state index contributed by atoms with van der Waals surface area (Å²) >= 11 is 0. The van der Waals surface area contributed by atoms with E-state index in [2.05, 4.69) is 26.8 Å². The first-order valence-corrected chi connectivity index (χ1v) is 7.87. The molecular weight excluding hydrogens is 322 g/mol. The van der Waals surface area contributed by atoms with Crippen molar-refractivity contribution in [2.24, 2.45) is 0 Å². The quantitative estimate of drug-likeness (QED) is 0.497. The molecule has 0 aliphatic rings. The van der Waals surface area contributed by atoms with Crippen molar-refractivity contribution >= 4 is 11.8 Å². The Morgan fingerprint density at radius 2 is 2.00 bits per heavy atom. The zero-order chi connectivity index (χ0) is 18.1. The predicted molar refractivity (Wildman–Crippen MR) is 94.0 cm³/mol. The summed E-state index contributed by atoms with van der Waals surface area (Å²) in [4.78, 5) is 12.2. The van der Waals surface area contributed by atoms with Gasteiger partial charge in [0, 0.05) is 12.6 Å². The molecule has 2 aromatic rings. The van der Waals surface area contributed by atoms with Crippen LogP contribution < -0.4 is 20.9 Å². The molecular formula is C17H21N5O3. The molecule has 0 unspecified atom stereocenters. The third-order valence-corrected chi connectivity index (χ3v) is 3.16. The molecule has 0 aliphatic heterocycles. The van der Waals surface area contributed by atoms with Gasteiger partial charge in [-0.3, -0.25) is 0 Å². The van der Waals surface area contributed by atoms with Crippen LogP contribution in [0.4, 0.5) is 11.8 Å². The molecule has 0 spiro atoms. The Morgan fingerprint density at radius 3 is 2.76 bits per heavy atom. The number of ether oxygens (including phenoxy) is 2. The zero-order valence-corrected chi connectivity index (χ0v) is 14.0. The minimum Gasteiger partial charge on any atom is -0.488 e. The highest BCUT2D eigenvalue weighted by Crippen LogP contribution is 2.24. The molecule has 8 heteroatoms. The Kier molecular flexibility index (Phi) is 6.80. The number of anilines is 2.